The van der Waals surface area contributed by atoms with Crippen molar-refractivity contribution in [3.63, 3.8) is 0 Å². The number of carbonyl (C=O) groups is 2. The summed E-state index contributed by atoms with van der Waals surface area (Å²) < 4.78 is 6.66. The molecule has 0 saturated heterocycles. The Balaban J connectivity index is 2.01. The Morgan fingerprint density at radius 2 is 1.95 bits per heavy atom. The number of ketones is 1. The van der Waals surface area contributed by atoms with Crippen LogP contribution >= 0.6 is 11.6 Å². The van der Waals surface area contributed by atoms with E-state index in [1.807, 2.05) is 23.6 Å². The Labute approximate surface area is 133 Å². The van der Waals surface area contributed by atoms with Crippen molar-refractivity contribution in [2.24, 2.45) is 0 Å². The molecule has 1 aliphatic heterocycles. The molecule has 0 bridgehead atoms. The van der Waals surface area contributed by atoms with Gasteiger partial charge in [0.15, 0.2) is 0 Å². The van der Waals surface area contributed by atoms with Crippen molar-refractivity contribution in [2.75, 3.05) is 7.11 Å². The van der Waals surface area contributed by atoms with Crippen LogP contribution in [0, 0.1) is 6.92 Å². The molecule has 114 valence electrons. The zero-order chi connectivity index (χ0) is 15.9. The fourth-order valence-corrected chi connectivity index (χ4v) is 3.22. The number of fused-ring (bicyclic) bond motifs is 1. The summed E-state index contributed by atoms with van der Waals surface area (Å²) in [6.45, 7) is 2.56. The van der Waals surface area contributed by atoms with Gasteiger partial charge in [-0.1, -0.05) is 41.4 Å². The van der Waals surface area contributed by atoms with E-state index in [9.17, 15) is 9.59 Å². The molecule has 2 heterocycles. The molecule has 0 N–H and O–H groups in total. The maximum absolute atomic E-state index is 12.7. The summed E-state index contributed by atoms with van der Waals surface area (Å²) in [5.74, 6) is -0.758. The topological polar surface area (TPSA) is 48.3 Å². The van der Waals surface area contributed by atoms with Gasteiger partial charge in [0.1, 0.15) is 5.69 Å². The van der Waals surface area contributed by atoms with Gasteiger partial charge in [-0.25, -0.2) is 0 Å². The Morgan fingerprint density at radius 3 is 2.59 bits per heavy atom. The maximum atomic E-state index is 12.7. The molecule has 0 amide bonds. The molecule has 0 fully saturated rings. The molecule has 5 heteroatoms. The van der Waals surface area contributed by atoms with Gasteiger partial charge in [0.2, 0.25) is 5.78 Å². The third-order valence-electron chi connectivity index (χ3n) is 4.10. The molecular formula is C17H16ClNO3. The molecule has 0 spiro atoms. The molecule has 0 aliphatic carbocycles. The summed E-state index contributed by atoms with van der Waals surface area (Å²) in [4.78, 5) is 24.5. The van der Waals surface area contributed by atoms with Crippen LogP contribution in [0.15, 0.2) is 30.3 Å². The molecule has 1 aromatic carbocycles. The van der Waals surface area contributed by atoms with E-state index in [0.29, 0.717) is 29.2 Å². The summed E-state index contributed by atoms with van der Waals surface area (Å²) in [6.07, 6.45) is 0.632. The normalized spacial score (nSPS) is 16.4. The fraction of sp³-hybridized carbons (Fsp3) is 0.294. The zero-order valence-electron chi connectivity index (χ0n) is 12.4. The van der Waals surface area contributed by atoms with Crippen LogP contribution in [0.25, 0.3) is 0 Å². The van der Waals surface area contributed by atoms with Crippen LogP contribution in [0.1, 0.15) is 39.6 Å². The average molecular weight is 318 g/mol. The highest BCUT2D eigenvalue weighted by atomic mass is 35.5. The minimum atomic E-state index is -0.345. The second-order valence-corrected chi connectivity index (χ2v) is 5.88. The van der Waals surface area contributed by atoms with E-state index in [4.69, 9.17) is 16.3 Å². The van der Waals surface area contributed by atoms with E-state index >= 15 is 0 Å². The fourth-order valence-electron chi connectivity index (χ4n) is 2.92. The van der Waals surface area contributed by atoms with E-state index in [0.717, 1.165) is 11.3 Å². The van der Waals surface area contributed by atoms with Gasteiger partial charge in [0.25, 0.3) is 0 Å². The van der Waals surface area contributed by atoms with Crippen molar-refractivity contribution in [1.29, 1.82) is 0 Å². The smallest absolute Gasteiger partial charge is 0.314 e. The van der Waals surface area contributed by atoms with Gasteiger partial charge in [0.05, 0.1) is 18.1 Å². The Kier molecular flexibility index (Phi) is 3.79. The van der Waals surface area contributed by atoms with Crippen LogP contribution in [0.4, 0.5) is 0 Å². The Bertz CT molecular complexity index is 746. The number of methoxy groups -OCH3 is 1. The van der Waals surface area contributed by atoms with E-state index in [1.54, 1.807) is 18.2 Å². The van der Waals surface area contributed by atoms with Crippen LogP contribution in [-0.4, -0.2) is 23.4 Å². The highest BCUT2D eigenvalue weighted by Gasteiger charge is 2.34. The summed E-state index contributed by atoms with van der Waals surface area (Å²) in [5, 5.41) is 0.383. The monoisotopic (exact) mass is 317 g/mol. The van der Waals surface area contributed by atoms with Gasteiger partial charge >= 0.3 is 5.97 Å². The van der Waals surface area contributed by atoms with Gasteiger partial charge in [-0.05, 0) is 19.4 Å². The lowest BCUT2D eigenvalue weighted by Crippen LogP contribution is -2.11. The molecule has 3 rings (SSSR count). The Morgan fingerprint density at radius 1 is 1.27 bits per heavy atom. The van der Waals surface area contributed by atoms with Gasteiger partial charge < -0.3 is 9.30 Å². The second-order valence-electron chi connectivity index (χ2n) is 5.48. The maximum Gasteiger partial charge on any atom is 0.314 e. The zero-order valence-corrected chi connectivity index (χ0v) is 13.2. The number of nitrogens with zero attached hydrogens (tertiary/aromatic N) is 1. The standard InChI is InChI=1S/C17H16ClNO3/c1-10-3-5-11(6-4-10)16(20)15-13(18)9-14-12(17(21)22-2)7-8-19(14)15/h3-6,9,12H,7-8H2,1-2H3. The number of rotatable bonds is 3. The SMILES string of the molecule is COC(=O)C1CCn2c1cc(Cl)c2C(=O)c1ccc(C)cc1. The number of hydrogen-bond acceptors (Lipinski definition) is 3. The molecule has 1 atom stereocenters. The summed E-state index contributed by atoms with van der Waals surface area (Å²) in [5.41, 5.74) is 2.89. The van der Waals surface area contributed by atoms with Crippen molar-refractivity contribution < 1.29 is 14.3 Å². The van der Waals surface area contributed by atoms with Crippen LogP contribution in [0.2, 0.25) is 5.02 Å². The van der Waals surface area contributed by atoms with E-state index in [-0.39, 0.29) is 17.7 Å². The van der Waals surface area contributed by atoms with Crippen LogP contribution in [0.5, 0.6) is 0 Å². The lowest BCUT2D eigenvalue weighted by Gasteiger charge is -2.07. The summed E-state index contributed by atoms with van der Waals surface area (Å²) in [7, 11) is 1.37. The van der Waals surface area contributed by atoms with Crippen LogP contribution in [0.3, 0.4) is 0 Å². The molecule has 2 aromatic rings. The highest BCUT2D eigenvalue weighted by molar-refractivity contribution is 6.35. The Hall–Kier alpha value is -2.07. The number of ether oxygens (including phenoxy) is 1. The first kappa shape index (κ1) is 14.9. The molecule has 22 heavy (non-hydrogen) atoms. The number of hydrogen-bond donors (Lipinski definition) is 0. The third kappa shape index (κ3) is 2.33. The number of esters is 1. The molecule has 1 aliphatic rings. The average Bonchev–Trinajstić information content (AvgIpc) is 3.04. The molecule has 0 radical (unpaired) electrons. The minimum Gasteiger partial charge on any atom is -0.469 e. The van der Waals surface area contributed by atoms with Crippen molar-refractivity contribution in [2.45, 2.75) is 25.8 Å². The lowest BCUT2D eigenvalue weighted by molar-refractivity contribution is -0.142. The van der Waals surface area contributed by atoms with Crippen molar-refractivity contribution >= 4 is 23.4 Å². The predicted octanol–water partition coefficient (Wildman–Crippen LogP) is 3.34. The van der Waals surface area contributed by atoms with E-state index in [1.165, 1.54) is 7.11 Å². The third-order valence-corrected chi connectivity index (χ3v) is 4.38. The molecule has 1 aromatic heterocycles. The summed E-state index contributed by atoms with van der Waals surface area (Å²) >= 11 is 6.26. The number of aromatic nitrogens is 1. The number of halogens is 1. The largest absolute Gasteiger partial charge is 0.469 e. The molecule has 1 unspecified atom stereocenters. The van der Waals surface area contributed by atoms with Crippen LogP contribution < -0.4 is 0 Å². The van der Waals surface area contributed by atoms with Gasteiger partial charge in [0, 0.05) is 17.8 Å². The molecule has 4 nitrogen and oxygen atoms in total. The first-order valence-corrected chi connectivity index (χ1v) is 7.49. The van der Waals surface area contributed by atoms with Crippen molar-refractivity contribution in [3.05, 3.63) is 57.9 Å². The summed E-state index contributed by atoms with van der Waals surface area (Å²) in [6, 6.07) is 9.08. The van der Waals surface area contributed by atoms with Gasteiger partial charge in [-0.3, -0.25) is 9.59 Å². The van der Waals surface area contributed by atoms with Gasteiger partial charge in [-0.15, -0.1) is 0 Å². The van der Waals surface area contributed by atoms with Gasteiger partial charge in [-0.2, -0.15) is 0 Å². The number of aryl methyl sites for hydroxylation is 1. The predicted molar refractivity (Wildman–Crippen MR) is 83.4 cm³/mol. The first-order chi connectivity index (χ1) is 10.5. The molecular weight excluding hydrogens is 302 g/mol. The quantitative estimate of drug-likeness (QED) is 0.644. The number of benzene rings is 1. The second kappa shape index (κ2) is 5.61. The first-order valence-electron chi connectivity index (χ1n) is 7.11. The van der Waals surface area contributed by atoms with E-state index in [2.05, 4.69) is 0 Å². The highest BCUT2D eigenvalue weighted by Crippen LogP contribution is 2.36. The molecule has 0 saturated carbocycles. The minimum absolute atomic E-state index is 0.123. The van der Waals surface area contributed by atoms with E-state index < -0.39 is 0 Å². The van der Waals surface area contributed by atoms with Crippen molar-refractivity contribution in [1.82, 2.24) is 4.57 Å². The van der Waals surface area contributed by atoms with Crippen LogP contribution in [-0.2, 0) is 16.1 Å². The van der Waals surface area contributed by atoms with Crippen molar-refractivity contribution in [3.8, 4) is 0 Å². The lowest BCUT2D eigenvalue weighted by atomic mass is 10.0. The number of carbonyl (C=O) groups excluding carboxylic acids is 2.